The molecular formula is C10H19NOS. The molecule has 2 unspecified atom stereocenters. The Labute approximate surface area is 84.8 Å². The summed E-state index contributed by atoms with van der Waals surface area (Å²) in [5, 5.41) is 3.68. The van der Waals surface area contributed by atoms with Crippen LogP contribution in [-0.4, -0.2) is 30.4 Å². The van der Waals surface area contributed by atoms with Gasteiger partial charge in [-0.1, -0.05) is 0 Å². The molecule has 1 saturated heterocycles. The molecule has 1 aliphatic heterocycles. The monoisotopic (exact) mass is 201 g/mol. The maximum atomic E-state index is 5.47. The summed E-state index contributed by atoms with van der Waals surface area (Å²) in [5.74, 6) is 1.32. The minimum atomic E-state index is 0.372. The van der Waals surface area contributed by atoms with Crippen LogP contribution in [0.3, 0.4) is 0 Å². The van der Waals surface area contributed by atoms with Crippen molar-refractivity contribution in [3.8, 4) is 0 Å². The van der Waals surface area contributed by atoms with Gasteiger partial charge >= 0.3 is 0 Å². The van der Waals surface area contributed by atoms with Gasteiger partial charge in [-0.05, 0) is 38.0 Å². The second-order valence-electron chi connectivity index (χ2n) is 4.08. The summed E-state index contributed by atoms with van der Waals surface area (Å²) in [6.45, 7) is 1.20. The fourth-order valence-electron chi connectivity index (χ4n) is 2.39. The molecule has 76 valence electrons. The van der Waals surface area contributed by atoms with Crippen molar-refractivity contribution in [3.05, 3.63) is 0 Å². The zero-order valence-electron chi connectivity index (χ0n) is 8.34. The summed E-state index contributed by atoms with van der Waals surface area (Å²) in [6, 6.07) is 0. The zero-order valence-corrected chi connectivity index (χ0v) is 9.16. The molecule has 1 spiro atoms. The predicted molar refractivity (Wildman–Crippen MR) is 57.1 cm³/mol. The molecule has 2 aliphatic rings. The van der Waals surface area contributed by atoms with Gasteiger partial charge in [0.25, 0.3) is 0 Å². The molecule has 2 nitrogen and oxygen atoms in total. The lowest BCUT2D eigenvalue weighted by atomic mass is 9.92. The van der Waals surface area contributed by atoms with E-state index in [0.717, 1.165) is 0 Å². The Kier molecular flexibility index (Phi) is 3.17. The van der Waals surface area contributed by atoms with E-state index in [4.69, 9.17) is 4.74 Å². The molecule has 3 heteroatoms. The first-order chi connectivity index (χ1) is 6.35. The van der Waals surface area contributed by atoms with Crippen molar-refractivity contribution in [2.45, 2.75) is 43.1 Å². The van der Waals surface area contributed by atoms with Gasteiger partial charge in [-0.25, -0.2) is 0 Å². The first-order valence-electron chi connectivity index (χ1n) is 5.26. The van der Waals surface area contributed by atoms with Crippen LogP contribution in [0.25, 0.3) is 0 Å². The van der Waals surface area contributed by atoms with E-state index in [2.05, 4.69) is 17.1 Å². The van der Waals surface area contributed by atoms with Crippen molar-refractivity contribution < 1.29 is 4.74 Å². The third-order valence-electron chi connectivity index (χ3n) is 3.14. The highest BCUT2D eigenvalue weighted by molar-refractivity contribution is 8.00. The maximum Gasteiger partial charge on any atom is 0.0670 e. The number of rotatable bonds is 1. The van der Waals surface area contributed by atoms with Gasteiger partial charge in [0.1, 0.15) is 0 Å². The number of hydrogen-bond acceptors (Lipinski definition) is 3. The van der Waals surface area contributed by atoms with E-state index in [0.29, 0.717) is 11.0 Å². The lowest BCUT2D eigenvalue weighted by Crippen LogP contribution is -2.50. The Balaban J connectivity index is 1.95. The average Bonchev–Trinajstić information content (AvgIpc) is 2.19. The van der Waals surface area contributed by atoms with Crippen LogP contribution in [0.1, 0.15) is 32.1 Å². The van der Waals surface area contributed by atoms with Gasteiger partial charge in [-0.3, -0.25) is 0 Å². The molecule has 0 amide bonds. The van der Waals surface area contributed by atoms with Crippen LogP contribution < -0.4 is 5.32 Å². The van der Waals surface area contributed by atoms with Crippen molar-refractivity contribution in [1.29, 1.82) is 0 Å². The minimum absolute atomic E-state index is 0.372. The second kappa shape index (κ2) is 4.20. The van der Waals surface area contributed by atoms with Crippen molar-refractivity contribution in [2.75, 3.05) is 19.4 Å². The summed E-state index contributed by atoms with van der Waals surface area (Å²) < 4.78 is 5.47. The predicted octanol–water partition coefficient (Wildman–Crippen LogP) is 2.00. The number of methoxy groups -OCH3 is 1. The van der Waals surface area contributed by atoms with Gasteiger partial charge in [-0.15, -0.1) is 11.8 Å². The molecule has 0 aromatic rings. The molecule has 1 saturated carbocycles. The molecule has 13 heavy (non-hydrogen) atoms. The molecule has 0 aromatic heterocycles. The van der Waals surface area contributed by atoms with Crippen LogP contribution in [0.4, 0.5) is 0 Å². The molecule has 1 aliphatic carbocycles. The molecule has 2 rings (SSSR count). The Hall–Kier alpha value is 0.270. The number of thioether (sulfide) groups is 1. The highest BCUT2D eigenvalue weighted by Crippen LogP contribution is 2.40. The van der Waals surface area contributed by atoms with Crippen molar-refractivity contribution >= 4 is 11.8 Å². The number of hydrogen-bond donors (Lipinski definition) is 1. The lowest BCUT2D eigenvalue weighted by molar-refractivity contribution is 0.0519. The molecule has 2 fully saturated rings. The largest absolute Gasteiger partial charge is 0.381 e. The van der Waals surface area contributed by atoms with Crippen LogP contribution in [0, 0.1) is 0 Å². The van der Waals surface area contributed by atoms with Crippen molar-refractivity contribution in [2.24, 2.45) is 0 Å². The standard InChI is InChI=1S/C10H19NOS/c1-12-9-4-2-5-10(8-9)11-6-3-7-13-10/h9,11H,2-8H2,1H3. The highest BCUT2D eigenvalue weighted by atomic mass is 32.2. The van der Waals surface area contributed by atoms with Gasteiger partial charge in [-0.2, -0.15) is 0 Å². The Bertz CT molecular complexity index is 163. The van der Waals surface area contributed by atoms with E-state index in [-0.39, 0.29) is 0 Å². The highest BCUT2D eigenvalue weighted by Gasteiger charge is 2.37. The Morgan fingerprint density at radius 1 is 1.46 bits per heavy atom. The SMILES string of the molecule is COC1CCCC2(C1)NCCCS2. The van der Waals surface area contributed by atoms with Gasteiger partial charge < -0.3 is 10.1 Å². The second-order valence-corrected chi connectivity index (χ2v) is 5.56. The van der Waals surface area contributed by atoms with Crippen LogP contribution in [-0.2, 0) is 4.74 Å². The van der Waals surface area contributed by atoms with Crippen LogP contribution in [0.15, 0.2) is 0 Å². The normalized spacial score (nSPS) is 40.8. The third-order valence-corrected chi connectivity index (χ3v) is 4.70. The lowest BCUT2D eigenvalue weighted by Gasteiger charge is -2.43. The van der Waals surface area contributed by atoms with E-state index in [1.807, 2.05) is 7.11 Å². The van der Waals surface area contributed by atoms with E-state index in [9.17, 15) is 0 Å². The molecule has 0 aromatic carbocycles. The first-order valence-corrected chi connectivity index (χ1v) is 6.25. The summed E-state index contributed by atoms with van der Waals surface area (Å²) in [6.07, 6.45) is 6.92. The third kappa shape index (κ3) is 2.20. The molecule has 0 bridgehead atoms. The van der Waals surface area contributed by atoms with Crippen LogP contribution >= 0.6 is 11.8 Å². The molecular weight excluding hydrogens is 182 g/mol. The Morgan fingerprint density at radius 2 is 2.38 bits per heavy atom. The minimum Gasteiger partial charge on any atom is -0.381 e. The average molecular weight is 201 g/mol. The van der Waals surface area contributed by atoms with Crippen LogP contribution in [0.2, 0.25) is 0 Å². The van der Waals surface area contributed by atoms with Crippen molar-refractivity contribution in [3.63, 3.8) is 0 Å². The summed E-state index contributed by atoms with van der Waals surface area (Å²) >= 11 is 2.11. The zero-order chi connectivity index (χ0) is 9.15. The van der Waals surface area contributed by atoms with Crippen molar-refractivity contribution in [1.82, 2.24) is 5.32 Å². The fraction of sp³-hybridized carbons (Fsp3) is 1.00. The first kappa shape index (κ1) is 9.81. The number of ether oxygens (including phenoxy) is 1. The molecule has 1 heterocycles. The summed E-state index contributed by atoms with van der Waals surface area (Å²) in [7, 11) is 1.84. The molecule has 0 radical (unpaired) electrons. The van der Waals surface area contributed by atoms with Crippen LogP contribution in [0.5, 0.6) is 0 Å². The quantitative estimate of drug-likeness (QED) is 0.701. The summed E-state index contributed by atoms with van der Waals surface area (Å²) in [4.78, 5) is 0.372. The number of nitrogens with one attached hydrogen (secondary N) is 1. The maximum absolute atomic E-state index is 5.47. The van der Waals surface area contributed by atoms with Gasteiger partial charge in [0.2, 0.25) is 0 Å². The molecule has 2 atom stereocenters. The van der Waals surface area contributed by atoms with E-state index < -0.39 is 0 Å². The van der Waals surface area contributed by atoms with Gasteiger partial charge in [0, 0.05) is 13.5 Å². The molecule has 1 N–H and O–H groups in total. The van der Waals surface area contributed by atoms with Gasteiger partial charge in [0.15, 0.2) is 0 Å². The van der Waals surface area contributed by atoms with E-state index >= 15 is 0 Å². The van der Waals surface area contributed by atoms with Gasteiger partial charge in [0.05, 0.1) is 11.0 Å². The smallest absolute Gasteiger partial charge is 0.0670 e. The van der Waals surface area contributed by atoms with E-state index in [1.54, 1.807) is 0 Å². The van der Waals surface area contributed by atoms with E-state index in [1.165, 1.54) is 44.4 Å². The Morgan fingerprint density at radius 3 is 3.08 bits per heavy atom. The topological polar surface area (TPSA) is 21.3 Å². The summed E-state index contributed by atoms with van der Waals surface area (Å²) in [5.41, 5.74) is 0. The fourth-order valence-corrected chi connectivity index (χ4v) is 3.86.